The van der Waals surface area contributed by atoms with Crippen LogP contribution in [0.4, 0.5) is 14.5 Å². The summed E-state index contributed by atoms with van der Waals surface area (Å²) < 4.78 is 40.4. The van der Waals surface area contributed by atoms with Crippen LogP contribution in [-0.4, -0.2) is 28.8 Å². The van der Waals surface area contributed by atoms with Gasteiger partial charge in [0.1, 0.15) is 11.3 Å². The number of alkyl halides is 2. The van der Waals surface area contributed by atoms with Crippen LogP contribution in [0.2, 0.25) is 0 Å². The molecule has 0 unspecified atom stereocenters. The zero-order valence-corrected chi connectivity index (χ0v) is 18.5. The molecule has 0 spiro atoms. The summed E-state index contributed by atoms with van der Waals surface area (Å²) >= 11 is 0. The van der Waals surface area contributed by atoms with Crippen molar-refractivity contribution >= 4 is 11.7 Å². The van der Waals surface area contributed by atoms with Crippen LogP contribution in [-0.2, 0) is 16.1 Å². The van der Waals surface area contributed by atoms with Crippen LogP contribution < -0.4 is 10.1 Å². The van der Waals surface area contributed by atoms with E-state index in [1.165, 1.54) is 0 Å². The molecule has 2 N–H and O–H groups in total. The van der Waals surface area contributed by atoms with Crippen molar-refractivity contribution in [3.05, 3.63) is 47.5 Å². The van der Waals surface area contributed by atoms with Crippen molar-refractivity contribution in [2.75, 3.05) is 5.32 Å². The molecule has 0 aliphatic heterocycles. The SMILES string of the molecule is O=C(O)C1(Nc2ccc(-c3cccc(OC4CC4)c3C(F)F)c(COC3CCCC3)c2)CC1. The zero-order chi connectivity index (χ0) is 23.0. The Balaban J connectivity index is 1.50. The van der Waals surface area contributed by atoms with Crippen LogP contribution >= 0.6 is 0 Å². The highest BCUT2D eigenvalue weighted by Gasteiger charge is 2.50. The van der Waals surface area contributed by atoms with Crippen molar-refractivity contribution < 1.29 is 28.2 Å². The van der Waals surface area contributed by atoms with E-state index in [4.69, 9.17) is 9.47 Å². The third-order valence-electron chi connectivity index (χ3n) is 6.82. The molecule has 0 atom stereocenters. The molecule has 7 heteroatoms. The standard InChI is InChI=1S/C26H29F2NO4/c27-24(28)23-21(6-3-7-22(23)33-19-9-10-19)20-11-8-17(29-26(12-13-26)25(30)31)14-16(20)15-32-18-4-1-2-5-18/h3,6-8,11,14,18-19,24,29H,1-2,4-5,9-10,12-13,15H2,(H,30,31). The van der Waals surface area contributed by atoms with E-state index in [1.807, 2.05) is 6.07 Å². The first-order chi connectivity index (χ1) is 15.9. The van der Waals surface area contributed by atoms with E-state index in [2.05, 4.69) is 5.32 Å². The summed E-state index contributed by atoms with van der Waals surface area (Å²) in [5, 5.41) is 12.7. The highest BCUT2D eigenvalue weighted by molar-refractivity contribution is 5.87. The van der Waals surface area contributed by atoms with Gasteiger partial charge in [-0.05, 0) is 73.4 Å². The van der Waals surface area contributed by atoms with Crippen molar-refractivity contribution in [3.8, 4) is 16.9 Å². The molecule has 3 saturated carbocycles. The highest BCUT2D eigenvalue weighted by Crippen LogP contribution is 2.43. The third-order valence-corrected chi connectivity index (χ3v) is 6.82. The maximum absolute atomic E-state index is 14.2. The lowest BCUT2D eigenvalue weighted by molar-refractivity contribution is -0.138. The molecule has 0 bridgehead atoms. The van der Waals surface area contributed by atoms with Gasteiger partial charge in [0.25, 0.3) is 6.43 Å². The summed E-state index contributed by atoms with van der Waals surface area (Å²) in [5.41, 5.74) is 1.48. The Bertz CT molecular complexity index is 1030. The lowest BCUT2D eigenvalue weighted by Gasteiger charge is -2.21. The summed E-state index contributed by atoms with van der Waals surface area (Å²) in [5.74, 6) is -0.641. The average Bonchev–Trinajstić information content (AvgIpc) is 3.71. The Hall–Kier alpha value is -2.67. The smallest absolute Gasteiger partial charge is 0.329 e. The largest absolute Gasteiger partial charge is 0.490 e. The lowest BCUT2D eigenvalue weighted by Crippen LogP contribution is -2.31. The Morgan fingerprint density at radius 3 is 2.45 bits per heavy atom. The molecule has 33 heavy (non-hydrogen) atoms. The van der Waals surface area contributed by atoms with Gasteiger partial charge in [-0.15, -0.1) is 0 Å². The number of carbonyl (C=O) groups is 1. The molecule has 5 nitrogen and oxygen atoms in total. The molecule has 0 radical (unpaired) electrons. The first-order valence-electron chi connectivity index (χ1n) is 11.8. The summed E-state index contributed by atoms with van der Waals surface area (Å²) in [7, 11) is 0. The van der Waals surface area contributed by atoms with Crippen LogP contribution in [0.25, 0.3) is 11.1 Å². The van der Waals surface area contributed by atoms with Gasteiger partial charge >= 0.3 is 5.97 Å². The normalized spacial score (nSPS) is 19.6. The van der Waals surface area contributed by atoms with Crippen LogP contribution in [0, 0.1) is 0 Å². The van der Waals surface area contributed by atoms with E-state index in [-0.39, 0.29) is 30.1 Å². The average molecular weight is 458 g/mol. The molecule has 0 heterocycles. The number of carboxylic acid groups (broad SMARTS) is 1. The minimum absolute atomic E-state index is 0.0141. The molecule has 176 valence electrons. The van der Waals surface area contributed by atoms with Gasteiger partial charge in [-0.1, -0.05) is 31.0 Å². The van der Waals surface area contributed by atoms with Gasteiger partial charge < -0.3 is 19.9 Å². The van der Waals surface area contributed by atoms with Gasteiger partial charge in [0.2, 0.25) is 0 Å². The molecule has 3 aliphatic rings. The number of hydrogen-bond acceptors (Lipinski definition) is 4. The summed E-state index contributed by atoms with van der Waals surface area (Å²) in [4.78, 5) is 11.6. The molecular weight excluding hydrogens is 428 g/mol. The fraction of sp³-hybridized carbons (Fsp3) is 0.500. The van der Waals surface area contributed by atoms with Gasteiger partial charge in [0.05, 0.1) is 24.4 Å². The van der Waals surface area contributed by atoms with Crippen LogP contribution in [0.5, 0.6) is 5.75 Å². The number of halogens is 2. The summed E-state index contributed by atoms with van der Waals surface area (Å²) in [6.45, 7) is 0.284. The first kappa shape index (κ1) is 22.1. The number of benzene rings is 2. The lowest BCUT2D eigenvalue weighted by atomic mass is 9.94. The minimum atomic E-state index is -2.68. The molecule has 2 aromatic rings. The minimum Gasteiger partial charge on any atom is -0.490 e. The number of nitrogens with one attached hydrogen (secondary N) is 1. The molecule has 2 aromatic carbocycles. The number of aliphatic carboxylic acids is 1. The fourth-order valence-corrected chi connectivity index (χ4v) is 4.58. The predicted molar refractivity (Wildman–Crippen MR) is 121 cm³/mol. The summed E-state index contributed by atoms with van der Waals surface area (Å²) in [6.07, 6.45) is 4.68. The zero-order valence-electron chi connectivity index (χ0n) is 18.5. The number of carboxylic acids is 1. The maximum Gasteiger partial charge on any atom is 0.329 e. The van der Waals surface area contributed by atoms with E-state index >= 15 is 0 Å². The Morgan fingerprint density at radius 2 is 1.82 bits per heavy atom. The van der Waals surface area contributed by atoms with Crippen molar-refractivity contribution in [1.82, 2.24) is 0 Å². The van der Waals surface area contributed by atoms with Gasteiger partial charge in [0, 0.05) is 5.69 Å². The maximum atomic E-state index is 14.2. The number of hydrogen-bond donors (Lipinski definition) is 2. The fourth-order valence-electron chi connectivity index (χ4n) is 4.58. The molecule has 5 rings (SSSR count). The molecular formula is C26H29F2NO4. The molecule has 0 aromatic heterocycles. The van der Waals surface area contributed by atoms with Gasteiger partial charge in [-0.2, -0.15) is 0 Å². The van der Waals surface area contributed by atoms with E-state index in [1.54, 1.807) is 30.3 Å². The summed E-state index contributed by atoms with van der Waals surface area (Å²) in [6, 6.07) is 10.4. The predicted octanol–water partition coefficient (Wildman–Crippen LogP) is 6.32. The van der Waals surface area contributed by atoms with Crippen LogP contribution in [0.1, 0.15) is 68.9 Å². The van der Waals surface area contributed by atoms with Crippen molar-refractivity contribution in [1.29, 1.82) is 0 Å². The van der Waals surface area contributed by atoms with Crippen molar-refractivity contribution in [2.24, 2.45) is 0 Å². The monoisotopic (exact) mass is 457 g/mol. The van der Waals surface area contributed by atoms with Crippen molar-refractivity contribution in [3.63, 3.8) is 0 Å². The van der Waals surface area contributed by atoms with Gasteiger partial charge in [0.15, 0.2) is 0 Å². The highest BCUT2D eigenvalue weighted by atomic mass is 19.3. The molecule has 3 aliphatic carbocycles. The molecule has 3 fully saturated rings. The van der Waals surface area contributed by atoms with E-state index in [0.29, 0.717) is 29.7 Å². The second kappa shape index (κ2) is 8.93. The Kier molecular flexibility index (Phi) is 5.99. The second-order valence-corrected chi connectivity index (χ2v) is 9.44. The molecule has 0 saturated heterocycles. The Labute approximate surface area is 192 Å². The van der Waals surface area contributed by atoms with E-state index in [0.717, 1.165) is 44.1 Å². The number of anilines is 1. The molecule has 0 amide bonds. The van der Waals surface area contributed by atoms with Crippen molar-refractivity contribution in [2.45, 2.75) is 82.1 Å². The third kappa shape index (κ3) is 4.83. The Morgan fingerprint density at radius 1 is 1.06 bits per heavy atom. The first-order valence-corrected chi connectivity index (χ1v) is 11.8. The van der Waals surface area contributed by atoms with Gasteiger partial charge in [-0.25, -0.2) is 13.6 Å². The topological polar surface area (TPSA) is 67.8 Å². The van der Waals surface area contributed by atoms with E-state index in [9.17, 15) is 18.7 Å². The number of ether oxygens (including phenoxy) is 2. The number of rotatable bonds is 10. The van der Waals surface area contributed by atoms with E-state index < -0.39 is 17.9 Å². The quantitative estimate of drug-likeness (QED) is 0.437. The van der Waals surface area contributed by atoms with Crippen LogP contribution in [0.3, 0.4) is 0 Å². The van der Waals surface area contributed by atoms with Gasteiger partial charge in [-0.3, -0.25) is 0 Å². The second-order valence-electron chi connectivity index (χ2n) is 9.44. The van der Waals surface area contributed by atoms with Crippen LogP contribution in [0.15, 0.2) is 36.4 Å².